The number of rotatable bonds is 6. The Kier molecular flexibility index (Phi) is 5.06. The minimum Gasteiger partial charge on any atom is -0.466 e. The van der Waals surface area contributed by atoms with Crippen LogP contribution in [-0.4, -0.2) is 23.5 Å². The fourth-order valence-corrected chi connectivity index (χ4v) is 2.61. The van der Waals surface area contributed by atoms with Crippen LogP contribution >= 0.6 is 11.3 Å². The van der Waals surface area contributed by atoms with Crippen LogP contribution in [0.1, 0.15) is 24.8 Å². The Morgan fingerprint density at radius 2 is 2.10 bits per heavy atom. The minimum absolute atomic E-state index is 0.111. The van der Waals surface area contributed by atoms with Crippen LogP contribution < -0.4 is 5.32 Å². The molecule has 1 aromatic heterocycles. The molecule has 0 spiro atoms. The third-order valence-electron chi connectivity index (χ3n) is 2.64. The highest BCUT2D eigenvalue weighted by Gasteiger charge is 2.08. The van der Waals surface area contributed by atoms with E-state index >= 15 is 0 Å². The van der Waals surface area contributed by atoms with Gasteiger partial charge in [-0.3, -0.25) is 9.59 Å². The van der Waals surface area contributed by atoms with Gasteiger partial charge in [0.05, 0.1) is 29.8 Å². The average molecular weight is 292 g/mol. The van der Waals surface area contributed by atoms with Crippen molar-refractivity contribution in [1.82, 2.24) is 10.3 Å². The second kappa shape index (κ2) is 7.00. The van der Waals surface area contributed by atoms with Crippen LogP contribution in [0.2, 0.25) is 0 Å². The fourth-order valence-electron chi connectivity index (χ4n) is 1.71. The Morgan fingerprint density at radius 1 is 1.30 bits per heavy atom. The van der Waals surface area contributed by atoms with Crippen molar-refractivity contribution in [3.63, 3.8) is 0 Å². The first-order chi connectivity index (χ1) is 9.69. The van der Waals surface area contributed by atoms with Gasteiger partial charge in [-0.1, -0.05) is 12.1 Å². The largest absolute Gasteiger partial charge is 0.466 e. The highest BCUT2D eigenvalue weighted by Crippen LogP contribution is 2.21. The molecule has 0 aliphatic heterocycles. The van der Waals surface area contributed by atoms with E-state index in [4.69, 9.17) is 4.74 Å². The van der Waals surface area contributed by atoms with Crippen molar-refractivity contribution in [2.24, 2.45) is 0 Å². The predicted octanol–water partition coefficient (Wildman–Crippen LogP) is 2.26. The number of thiazole rings is 1. The first-order valence-corrected chi connectivity index (χ1v) is 7.27. The van der Waals surface area contributed by atoms with E-state index in [-0.39, 0.29) is 24.7 Å². The van der Waals surface area contributed by atoms with Crippen molar-refractivity contribution in [2.45, 2.75) is 26.3 Å². The SMILES string of the molecule is CCOC(=O)CCC(=O)NCc1nc2ccccc2s1. The van der Waals surface area contributed by atoms with Crippen LogP contribution in [0, 0.1) is 0 Å². The number of aromatic nitrogens is 1. The molecule has 1 aromatic carbocycles. The van der Waals surface area contributed by atoms with Gasteiger partial charge in [0.25, 0.3) is 0 Å². The van der Waals surface area contributed by atoms with Crippen molar-refractivity contribution in [1.29, 1.82) is 0 Å². The molecule has 0 atom stereocenters. The number of para-hydroxylation sites is 1. The zero-order chi connectivity index (χ0) is 14.4. The first kappa shape index (κ1) is 14.5. The van der Waals surface area contributed by atoms with Crippen LogP contribution in [0.3, 0.4) is 0 Å². The van der Waals surface area contributed by atoms with Gasteiger partial charge in [0.15, 0.2) is 0 Å². The number of nitrogens with zero attached hydrogens (tertiary/aromatic N) is 1. The molecule has 5 nitrogen and oxygen atoms in total. The molecule has 106 valence electrons. The van der Waals surface area contributed by atoms with E-state index in [1.807, 2.05) is 24.3 Å². The summed E-state index contributed by atoms with van der Waals surface area (Å²) in [5, 5.41) is 3.62. The summed E-state index contributed by atoms with van der Waals surface area (Å²) in [4.78, 5) is 27.1. The lowest BCUT2D eigenvalue weighted by atomic mass is 10.3. The van der Waals surface area contributed by atoms with Gasteiger partial charge in [-0.05, 0) is 19.1 Å². The summed E-state index contributed by atoms with van der Waals surface area (Å²) in [7, 11) is 0. The van der Waals surface area contributed by atoms with Crippen LogP contribution in [0.5, 0.6) is 0 Å². The molecule has 0 saturated carbocycles. The summed E-state index contributed by atoms with van der Waals surface area (Å²) < 4.78 is 5.87. The minimum atomic E-state index is -0.345. The summed E-state index contributed by atoms with van der Waals surface area (Å²) in [5.41, 5.74) is 0.938. The lowest BCUT2D eigenvalue weighted by Gasteiger charge is -2.03. The maximum Gasteiger partial charge on any atom is 0.306 e. The normalized spacial score (nSPS) is 10.4. The zero-order valence-electron chi connectivity index (χ0n) is 11.2. The lowest BCUT2D eigenvalue weighted by molar-refractivity contribution is -0.144. The quantitative estimate of drug-likeness (QED) is 0.829. The van der Waals surface area contributed by atoms with Gasteiger partial charge < -0.3 is 10.1 Å². The van der Waals surface area contributed by atoms with Crippen molar-refractivity contribution < 1.29 is 14.3 Å². The van der Waals surface area contributed by atoms with E-state index in [0.29, 0.717) is 13.2 Å². The molecule has 1 amide bonds. The Morgan fingerprint density at radius 3 is 2.85 bits per heavy atom. The smallest absolute Gasteiger partial charge is 0.306 e. The predicted molar refractivity (Wildman–Crippen MR) is 77.3 cm³/mol. The van der Waals surface area contributed by atoms with Crippen LogP contribution in [0.4, 0.5) is 0 Å². The van der Waals surface area contributed by atoms with Crippen molar-refractivity contribution in [3.8, 4) is 0 Å². The Balaban J connectivity index is 1.79. The Bertz CT molecular complexity index is 576. The number of fused-ring (bicyclic) bond motifs is 1. The van der Waals surface area contributed by atoms with Gasteiger partial charge in [0, 0.05) is 6.42 Å². The molecule has 0 aliphatic carbocycles. The van der Waals surface area contributed by atoms with E-state index in [2.05, 4.69) is 10.3 Å². The van der Waals surface area contributed by atoms with Gasteiger partial charge >= 0.3 is 5.97 Å². The topological polar surface area (TPSA) is 68.3 Å². The molecule has 0 unspecified atom stereocenters. The Labute approximate surface area is 121 Å². The number of benzene rings is 1. The van der Waals surface area contributed by atoms with E-state index in [0.717, 1.165) is 15.2 Å². The number of esters is 1. The summed E-state index contributed by atoms with van der Waals surface area (Å²) >= 11 is 1.55. The molecule has 20 heavy (non-hydrogen) atoms. The lowest BCUT2D eigenvalue weighted by Crippen LogP contribution is -2.23. The second-order valence-electron chi connectivity index (χ2n) is 4.16. The standard InChI is InChI=1S/C14H16N2O3S/c1-2-19-14(18)8-7-12(17)15-9-13-16-10-5-3-4-6-11(10)20-13/h3-6H,2,7-9H2,1H3,(H,15,17). The highest BCUT2D eigenvalue weighted by atomic mass is 32.1. The molecule has 6 heteroatoms. The average Bonchev–Trinajstić information content (AvgIpc) is 2.86. The molecule has 2 rings (SSSR count). The second-order valence-corrected chi connectivity index (χ2v) is 5.27. The van der Waals surface area contributed by atoms with E-state index in [9.17, 15) is 9.59 Å². The Hall–Kier alpha value is -1.95. The van der Waals surface area contributed by atoms with Gasteiger partial charge in [-0.25, -0.2) is 4.98 Å². The molecule has 1 heterocycles. The summed E-state index contributed by atoms with van der Waals surface area (Å²) in [6.45, 7) is 2.47. The molecular formula is C14H16N2O3S. The van der Waals surface area contributed by atoms with Crippen molar-refractivity contribution >= 4 is 33.4 Å². The number of carbonyl (C=O) groups is 2. The number of hydrogen-bond acceptors (Lipinski definition) is 5. The maximum absolute atomic E-state index is 11.6. The number of hydrogen-bond donors (Lipinski definition) is 1. The number of amides is 1. The first-order valence-electron chi connectivity index (χ1n) is 6.46. The zero-order valence-corrected chi connectivity index (χ0v) is 12.0. The van der Waals surface area contributed by atoms with E-state index in [1.54, 1.807) is 18.3 Å². The molecule has 0 fully saturated rings. The summed E-state index contributed by atoms with van der Waals surface area (Å²) in [6.07, 6.45) is 0.253. The van der Waals surface area contributed by atoms with Gasteiger partial charge in [0.1, 0.15) is 5.01 Å². The van der Waals surface area contributed by atoms with Crippen LogP contribution in [0.15, 0.2) is 24.3 Å². The molecular weight excluding hydrogens is 276 g/mol. The third kappa shape index (κ3) is 4.03. The number of ether oxygens (including phenoxy) is 1. The maximum atomic E-state index is 11.6. The summed E-state index contributed by atoms with van der Waals surface area (Å²) in [6, 6.07) is 7.84. The summed E-state index contributed by atoms with van der Waals surface area (Å²) in [5.74, 6) is -0.514. The van der Waals surface area contributed by atoms with E-state index in [1.165, 1.54) is 0 Å². The number of nitrogens with one attached hydrogen (secondary N) is 1. The molecule has 1 N–H and O–H groups in total. The molecule has 2 aromatic rings. The number of carbonyl (C=O) groups excluding carboxylic acids is 2. The van der Waals surface area contributed by atoms with Gasteiger partial charge in [-0.15, -0.1) is 11.3 Å². The molecule has 0 aliphatic rings. The monoisotopic (exact) mass is 292 g/mol. The molecule has 0 saturated heterocycles. The van der Waals surface area contributed by atoms with E-state index < -0.39 is 0 Å². The molecule has 0 bridgehead atoms. The van der Waals surface area contributed by atoms with Gasteiger partial charge in [0.2, 0.25) is 5.91 Å². The van der Waals surface area contributed by atoms with Crippen molar-refractivity contribution in [3.05, 3.63) is 29.3 Å². The van der Waals surface area contributed by atoms with Crippen molar-refractivity contribution in [2.75, 3.05) is 6.61 Å². The highest BCUT2D eigenvalue weighted by molar-refractivity contribution is 7.18. The van der Waals surface area contributed by atoms with Crippen LogP contribution in [0.25, 0.3) is 10.2 Å². The third-order valence-corrected chi connectivity index (χ3v) is 3.67. The van der Waals surface area contributed by atoms with Crippen LogP contribution in [-0.2, 0) is 20.9 Å². The van der Waals surface area contributed by atoms with Gasteiger partial charge in [-0.2, -0.15) is 0 Å². The fraction of sp³-hybridized carbons (Fsp3) is 0.357. The molecule has 0 radical (unpaired) electrons.